The van der Waals surface area contributed by atoms with Crippen LogP contribution in [0.3, 0.4) is 0 Å². The van der Waals surface area contributed by atoms with E-state index in [9.17, 15) is 14.4 Å². The molecule has 2 N–H and O–H groups in total. The van der Waals surface area contributed by atoms with Crippen LogP contribution in [-0.2, 0) is 32.1 Å². The van der Waals surface area contributed by atoms with Gasteiger partial charge in [-0.25, -0.2) is 4.79 Å². The Bertz CT molecular complexity index is 869. The fraction of sp³-hybridized carbons (Fsp3) is 0.318. The Labute approximate surface area is 169 Å². The topological polar surface area (TPSA) is 93.7 Å². The average molecular weight is 396 g/mol. The van der Waals surface area contributed by atoms with E-state index in [1.165, 1.54) is 7.11 Å². The molecule has 0 aromatic heterocycles. The minimum absolute atomic E-state index is 0.164. The zero-order chi connectivity index (χ0) is 20.6. The Morgan fingerprint density at radius 2 is 1.90 bits per heavy atom. The van der Waals surface area contributed by atoms with Gasteiger partial charge in [-0.2, -0.15) is 0 Å². The van der Waals surface area contributed by atoms with Gasteiger partial charge in [0.2, 0.25) is 11.8 Å². The number of benzene rings is 2. The lowest BCUT2D eigenvalue weighted by atomic mass is 10.0. The van der Waals surface area contributed by atoms with E-state index in [-0.39, 0.29) is 18.2 Å². The van der Waals surface area contributed by atoms with Gasteiger partial charge in [0.25, 0.3) is 0 Å². The molecular formula is C22H24N2O5. The average Bonchev–Trinajstić information content (AvgIpc) is 3.18. The van der Waals surface area contributed by atoms with E-state index >= 15 is 0 Å². The normalized spacial score (nSPS) is 16.6. The smallest absolute Gasteiger partial charge is 0.328 e. The van der Waals surface area contributed by atoms with Crippen molar-refractivity contribution in [1.29, 1.82) is 0 Å². The molecule has 7 nitrogen and oxygen atoms in total. The van der Waals surface area contributed by atoms with Crippen LogP contribution in [0.4, 0.5) is 0 Å². The number of nitrogens with one attached hydrogen (secondary N) is 2. The molecule has 1 saturated heterocycles. The number of amides is 2. The van der Waals surface area contributed by atoms with Crippen LogP contribution in [-0.4, -0.2) is 37.0 Å². The molecule has 1 fully saturated rings. The van der Waals surface area contributed by atoms with Gasteiger partial charge in [-0.1, -0.05) is 42.5 Å². The van der Waals surface area contributed by atoms with Gasteiger partial charge in [0.1, 0.15) is 24.4 Å². The zero-order valence-electron chi connectivity index (χ0n) is 16.2. The van der Waals surface area contributed by atoms with Crippen LogP contribution in [0, 0.1) is 0 Å². The van der Waals surface area contributed by atoms with Gasteiger partial charge in [-0.3, -0.25) is 9.59 Å². The van der Waals surface area contributed by atoms with E-state index < -0.39 is 18.1 Å². The summed E-state index contributed by atoms with van der Waals surface area (Å²) >= 11 is 0. The first kappa shape index (κ1) is 20.4. The van der Waals surface area contributed by atoms with Crippen LogP contribution in [0.5, 0.6) is 5.75 Å². The first-order valence-electron chi connectivity index (χ1n) is 9.48. The van der Waals surface area contributed by atoms with Crippen LogP contribution in [0.15, 0.2) is 54.6 Å². The first-order chi connectivity index (χ1) is 14.0. The Balaban J connectivity index is 1.63. The SMILES string of the molecule is COC(=O)[C@@H](Cc1cccc(OCc2ccccc2)c1)NC(=O)[C@H]1CCC(=O)N1. The van der Waals surface area contributed by atoms with Crippen molar-refractivity contribution in [3.63, 3.8) is 0 Å². The number of rotatable bonds is 8. The molecule has 0 saturated carbocycles. The summed E-state index contributed by atoms with van der Waals surface area (Å²) in [5.41, 5.74) is 1.87. The Morgan fingerprint density at radius 1 is 1.14 bits per heavy atom. The molecule has 0 unspecified atom stereocenters. The number of carbonyl (C=O) groups is 3. The third kappa shape index (κ3) is 5.81. The van der Waals surface area contributed by atoms with E-state index in [2.05, 4.69) is 10.6 Å². The highest BCUT2D eigenvalue weighted by Crippen LogP contribution is 2.17. The Kier molecular flexibility index (Phi) is 6.84. The zero-order valence-corrected chi connectivity index (χ0v) is 16.2. The monoisotopic (exact) mass is 396 g/mol. The molecule has 1 heterocycles. The number of carbonyl (C=O) groups excluding carboxylic acids is 3. The van der Waals surface area contributed by atoms with Crippen molar-refractivity contribution < 1.29 is 23.9 Å². The number of methoxy groups -OCH3 is 1. The molecule has 2 atom stereocenters. The number of hydrogen-bond donors (Lipinski definition) is 2. The van der Waals surface area contributed by atoms with Crippen molar-refractivity contribution in [3.8, 4) is 5.75 Å². The molecule has 0 radical (unpaired) electrons. The van der Waals surface area contributed by atoms with Crippen LogP contribution in [0.2, 0.25) is 0 Å². The molecule has 29 heavy (non-hydrogen) atoms. The molecule has 1 aliphatic heterocycles. The summed E-state index contributed by atoms with van der Waals surface area (Å²) in [5.74, 6) is -0.423. The molecule has 0 aliphatic carbocycles. The van der Waals surface area contributed by atoms with Crippen molar-refractivity contribution in [2.75, 3.05) is 7.11 Å². The van der Waals surface area contributed by atoms with Gasteiger partial charge in [0.15, 0.2) is 0 Å². The standard InChI is InChI=1S/C22H24N2O5/c1-28-22(27)19(24-21(26)18-10-11-20(25)23-18)13-16-8-5-9-17(12-16)29-14-15-6-3-2-4-7-15/h2-9,12,18-19H,10-11,13-14H2,1H3,(H,23,25)(H,24,26)/t18-,19-/m1/s1. The summed E-state index contributed by atoms with van der Waals surface area (Å²) in [5, 5.41) is 5.29. The second kappa shape index (κ2) is 9.73. The van der Waals surface area contributed by atoms with Crippen molar-refractivity contribution in [2.24, 2.45) is 0 Å². The van der Waals surface area contributed by atoms with Crippen LogP contribution in [0.25, 0.3) is 0 Å². The van der Waals surface area contributed by atoms with Gasteiger partial charge < -0.3 is 20.1 Å². The first-order valence-corrected chi connectivity index (χ1v) is 9.48. The molecule has 7 heteroatoms. The van der Waals surface area contributed by atoms with Crippen molar-refractivity contribution >= 4 is 17.8 Å². The quantitative estimate of drug-likeness (QED) is 0.663. The second-order valence-electron chi connectivity index (χ2n) is 6.87. The van der Waals surface area contributed by atoms with Gasteiger partial charge >= 0.3 is 5.97 Å². The van der Waals surface area contributed by atoms with E-state index in [0.717, 1.165) is 11.1 Å². The summed E-state index contributed by atoms with van der Waals surface area (Å²) in [6.45, 7) is 0.433. The van der Waals surface area contributed by atoms with Crippen LogP contribution >= 0.6 is 0 Å². The minimum atomic E-state index is -0.852. The summed E-state index contributed by atoms with van der Waals surface area (Å²) in [4.78, 5) is 35.9. The summed E-state index contributed by atoms with van der Waals surface area (Å²) in [6.07, 6.45) is 0.977. The predicted octanol–water partition coefficient (Wildman–Crippen LogP) is 1.74. The maximum absolute atomic E-state index is 12.4. The summed E-state index contributed by atoms with van der Waals surface area (Å²) < 4.78 is 10.7. The molecular weight excluding hydrogens is 372 g/mol. The van der Waals surface area contributed by atoms with Crippen molar-refractivity contribution in [3.05, 3.63) is 65.7 Å². The third-order valence-electron chi connectivity index (χ3n) is 4.70. The highest BCUT2D eigenvalue weighted by atomic mass is 16.5. The Morgan fingerprint density at radius 3 is 2.59 bits per heavy atom. The number of ether oxygens (including phenoxy) is 2. The second-order valence-corrected chi connectivity index (χ2v) is 6.87. The molecule has 1 aliphatic rings. The van der Waals surface area contributed by atoms with Gasteiger partial charge in [-0.05, 0) is 29.7 Å². The van der Waals surface area contributed by atoms with Gasteiger partial charge in [0, 0.05) is 12.8 Å². The lowest BCUT2D eigenvalue weighted by Gasteiger charge is -2.19. The molecule has 0 spiro atoms. The maximum Gasteiger partial charge on any atom is 0.328 e. The van der Waals surface area contributed by atoms with Crippen molar-refractivity contribution in [2.45, 2.75) is 38.0 Å². The molecule has 3 rings (SSSR count). The fourth-order valence-corrected chi connectivity index (χ4v) is 3.16. The lowest BCUT2D eigenvalue weighted by Crippen LogP contribution is -2.49. The molecule has 2 aromatic rings. The van der Waals surface area contributed by atoms with Gasteiger partial charge in [0.05, 0.1) is 7.11 Å². The van der Waals surface area contributed by atoms with Crippen molar-refractivity contribution in [1.82, 2.24) is 10.6 Å². The molecule has 152 valence electrons. The fourth-order valence-electron chi connectivity index (χ4n) is 3.16. The number of esters is 1. The highest BCUT2D eigenvalue weighted by molar-refractivity contribution is 5.93. The third-order valence-corrected chi connectivity index (χ3v) is 4.70. The molecule has 2 aromatic carbocycles. The molecule has 0 bridgehead atoms. The minimum Gasteiger partial charge on any atom is -0.489 e. The highest BCUT2D eigenvalue weighted by Gasteiger charge is 2.30. The van der Waals surface area contributed by atoms with Gasteiger partial charge in [-0.15, -0.1) is 0 Å². The van der Waals surface area contributed by atoms with E-state index in [0.29, 0.717) is 25.2 Å². The predicted molar refractivity (Wildman–Crippen MR) is 106 cm³/mol. The Hall–Kier alpha value is -3.35. The van der Waals surface area contributed by atoms with Crippen LogP contribution < -0.4 is 15.4 Å². The van der Waals surface area contributed by atoms with Crippen LogP contribution in [0.1, 0.15) is 24.0 Å². The number of hydrogen-bond acceptors (Lipinski definition) is 5. The van der Waals surface area contributed by atoms with E-state index in [4.69, 9.17) is 9.47 Å². The maximum atomic E-state index is 12.4. The van der Waals surface area contributed by atoms with E-state index in [1.807, 2.05) is 54.6 Å². The van der Waals surface area contributed by atoms with E-state index in [1.54, 1.807) is 0 Å². The summed E-state index contributed by atoms with van der Waals surface area (Å²) in [6, 6.07) is 15.7. The lowest BCUT2D eigenvalue weighted by molar-refractivity contribution is -0.145. The molecule has 2 amide bonds. The largest absolute Gasteiger partial charge is 0.489 e. The summed E-state index contributed by atoms with van der Waals surface area (Å²) in [7, 11) is 1.28.